The third kappa shape index (κ3) is 10.9. The van der Waals surface area contributed by atoms with E-state index in [9.17, 15) is 24.3 Å². The van der Waals surface area contributed by atoms with Crippen LogP contribution in [-0.2, 0) is 25.6 Å². The Hall–Kier alpha value is -3.96. The third-order valence-corrected chi connectivity index (χ3v) is 8.42. The summed E-state index contributed by atoms with van der Waals surface area (Å²) >= 11 is 1.37. The molecule has 1 unspecified atom stereocenters. The number of aliphatic imine (C=N–C) groups is 1. The molecule has 10 nitrogen and oxygen atoms in total. The molecule has 0 fully saturated rings. The van der Waals surface area contributed by atoms with Gasteiger partial charge in [-0.2, -0.15) is 0 Å². The van der Waals surface area contributed by atoms with Gasteiger partial charge in [-0.25, -0.2) is 4.98 Å². The number of fused-ring (bicyclic) bond motifs is 1. The average molecular weight is 622 g/mol. The van der Waals surface area contributed by atoms with E-state index in [1.807, 2.05) is 61.5 Å². The number of aliphatic hydroxyl groups is 1. The van der Waals surface area contributed by atoms with Gasteiger partial charge in [0.1, 0.15) is 16.9 Å². The molecule has 5 N–H and O–H groups in total. The van der Waals surface area contributed by atoms with E-state index in [0.29, 0.717) is 36.7 Å². The summed E-state index contributed by atoms with van der Waals surface area (Å²) in [7, 11) is 0. The summed E-state index contributed by atoms with van der Waals surface area (Å²) in [6.07, 6.45) is 0.939. The molecule has 0 aliphatic carbocycles. The van der Waals surface area contributed by atoms with Crippen molar-refractivity contribution in [1.82, 2.24) is 15.6 Å². The van der Waals surface area contributed by atoms with Crippen LogP contribution >= 0.6 is 11.3 Å². The van der Waals surface area contributed by atoms with Crippen molar-refractivity contribution in [2.45, 2.75) is 83.9 Å². The summed E-state index contributed by atoms with van der Waals surface area (Å²) in [5.74, 6) is -1.44. The number of rotatable bonds is 18. The maximum atomic E-state index is 13.9. The maximum Gasteiger partial charge on any atom is 0.224 e. The largest absolute Gasteiger partial charge is 0.387 e. The van der Waals surface area contributed by atoms with Crippen LogP contribution in [0, 0.1) is 5.92 Å². The summed E-state index contributed by atoms with van der Waals surface area (Å²) in [5.41, 5.74) is 7.49. The number of amides is 2. The topological polar surface area (TPSA) is 164 Å². The van der Waals surface area contributed by atoms with E-state index in [4.69, 9.17) is 5.73 Å². The summed E-state index contributed by atoms with van der Waals surface area (Å²) in [4.78, 5) is 59.8. The second kappa shape index (κ2) is 17.4. The zero-order valence-electron chi connectivity index (χ0n) is 25.6. The Bertz CT molecular complexity index is 1410. The highest BCUT2D eigenvalue weighted by atomic mass is 32.1. The molecule has 4 atom stereocenters. The quantitative estimate of drug-likeness (QED) is 0.0945. The Kier molecular flexibility index (Phi) is 13.6. The number of nitrogens with one attached hydrogen (secondary N) is 2. The van der Waals surface area contributed by atoms with Crippen molar-refractivity contribution in [1.29, 1.82) is 0 Å². The molecule has 236 valence electrons. The SMILES string of the molecule is CCC(N)=NCCC[C@H](NC(=O)[C@@H](CC(=O)[C@H](CCC(C)=O)NC(C)=O)Cc1ccccc1)C(O)c1nc2ccccc2s1. The molecule has 2 aromatic carbocycles. The second-order valence-corrected chi connectivity index (χ2v) is 12.1. The average Bonchev–Trinajstić information content (AvgIpc) is 3.44. The van der Waals surface area contributed by atoms with Crippen LogP contribution in [0.15, 0.2) is 59.6 Å². The Morgan fingerprint density at radius 2 is 1.70 bits per heavy atom. The number of thiazole rings is 1. The number of carbonyl (C=O) groups is 4. The molecule has 0 saturated heterocycles. The van der Waals surface area contributed by atoms with Crippen LogP contribution < -0.4 is 16.4 Å². The first kappa shape index (κ1) is 34.5. The van der Waals surface area contributed by atoms with Gasteiger partial charge in [0.2, 0.25) is 11.8 Å². The van der Waals surface area contributed by atoms with Gasteiger partial charge in [-0.3, -0.25) is 19.4 Å². The normalized spacial score (nSPS) is 14.4. The molecule has 3 rings (SSSR count). The molecule has 0 saturated carbocycles. The van der Waals surface area contributed by atoms with Gasteiger partial charge in [-0.1, -0.05) is 49.4 Å². The first-order chi connectivity index (χ1) is 21.1. The molecule has 44 heavy (non-hydrogen) atoms. The number of aromatic nitrogens is 1. The Balaban J connectivity index is 1.86. The number of benzene rings is 2. The minimum atomic E-state index is -1.08. The molecule has 1 aromatic heterocycles. The summed E-state index contributed by atoms with van der Waals surface area (Å²) in [6, 6.07) is 15.4. The molecule has 0 radical (unpaired) electrons. The van der Waals surface area contributed by atoms with Gasteiger partial charge in [-0.05, 0) is 50.3 Å². The van der Waals surface area contributed by atoms with Crippen LogP contribution in [0.4, 0.5) is 0 Å². The molecular formula is C33H43N5O5S. The molecule has 0 spiro atoms. The van der Waals surface area contributed by atoms with Crippen LogP contribution in [0.2, 0.25) is 0 Å². The number of ketones is 2. The van der Waals surface area contributed by atoms with Gasteiger partial charge >= 0.3 is 0 Å². The fourth-order valence-corrected chi connectivity index (χ4v) is 5.91. The summed E-state index contributed by atoms with van der Waals surface area (Å²) in [5, 5.41) is 17.6. The molecule has 2 amide bonds. The van der Waals surface area contributed by atoms with E-state index < -0.39 is 30.0 Å². The first-order valence-corrected chi connectivity index (χ1v) is 15.8. The predicted molar refractivity (Wildman–Crippen MR) is 173 cm³/mol. The molecule has 3 aromatic rings. The molecule has 11 heteroatoms. The van der Waals surface area contributed by atoms with Crippen molar-refractivity contribution in [3.63, 3.8) is 0 Å². The van der Waals surface area contributed by atoms with Crippen molar-refractivity contribution >= 4 is 50.8 Å². The van der Waals surface area contributed by atoms with Crippen molar-refractivity contribution < 1.29 is 24.3 Å². The van der Waals surface area contributed by atoms with Crippen LogP contribution in [0.25, 0.3) is 10.2 Å². The van der Waals surface area contributed by atoms with E-state index in [2.05, 4.69) is 20.6 Å². The van der Waals surface area contributed by atoms with Crippen LogP contribution in [0.5, 0.6) is 0 Å². The number of amidine groups is 1. The fraction of sp³-hybridized carbons (Fsp3) is 0.455. The van der Waals surface area contributed by atoms with E-state index >= 15 is 0 Å². The van der Waals surface area contributed by atoms with Crippen molar-refractivity contribution in [2.75, 3.05) is 6.54 Å². The lowest BCUT2D eigenvalue weighted by atomic mass is 9.89. The number of Topliss-reactive ketones (excluding diaryl/α,β-unsaturated/α-hetero) is 2. The summed E-state index contributed by atoms with van der Waals surface area (Å²) in [6.45, 7) is 5.11. The first-order valence-electron chi connectivity index (χ1n) is 15.0. The van der Waals surface area contributed by atoms with E-state index in [1.54, 1.807) is 0 Å². The lowest BCUT2D eigenvalue weighted by molar-refractivity contribution is -0.132. The zero-order chi connectivity index (χ0) is 32.1. The standard InChI is InChI=1S/C33H43N5O5S/c1-4-30(34)35-18-10-14-27(31(42)33-38-26-13-8-9-15-29(26)44-33)37-32(43)24(19-23-11-6-5-7-12-23)20-28(41)25(36-22(3)40)17-16-21(2)39/h5-9,11-13,15,24-25,27,31,42H,4,10,14,16-20H2,1-3H3,(H2,34,35)(H,36,40)(H,37,43)/t24-,25+,27+,31?/m1/s1. The molecular weight excluding hydrogens is 578 g/mol. The molecule has 1 heterocycles. The number of hydrogen-bond donors (Lipinski definition) is 4. The van der Waals surface area contributed by atoms with Gasteiger partial charge in [0.25, 0.3) is 0 Å². The van der Waals surface area contributed by atoms with Crippen LogP contribution in [0.3, 0.4) is 0 Å². The Morgan fingerprint density at radius 1 is 1.00 bits per heavy atom. The minimum Gasteiger partial charge on any atom is -0.387 e. The summed E-state index contributed by atoms with van der Waals surface area (Å²) < 4.78 is 0.925. The van der Waals surface area contributed by atoms with Crippen LogP contribution in [-0.4, -0.2) is 57.9 Å². The molecule has 0 aliphatic rings. The smallest absolute Gasteiger partial charge is 0.224 e. The number of para-hydroxylation sites is 1. The van der Waals surface area contributed by atoms with E-state index in [1.165, 1.54) is 25.2 Å². The number of nitrogens with two attached hydrogens (primary N) is 1. The maximum absolute atomic E-state index is 13.9. The zero-order valence-corrected chi connectivity index (χ0v) is 26.4. The number of nitrogens with zero attached hydrogens (tertiary/aromatic N) is 2. The highest BCUT2D eigenvalue weighted by molar-refractivity contribution is 7.18. The van der Waals surface area contributed by atoms with Crippen molar-refractivity contribution in [3.8, 4) is 0 Å². The van der Waals surface area contributed by atoms with Gasteiger partial charge < -0.3 is 26.3 Å². The van der Waals surface area contributed by atoms with Crippen molar-refractivity contribution in [2.24, 2.45) is 16.6 Å². The van der Waals surface area contributed by atoms with E-state index in [0.717, 1.165) is 15.8 Å². The predicted octanol–water partition coefficient (Wildman–Crippen LogP) is 4.05. The number of carbonyl (C=O) groups excluding carboxylic acids is 4. The Labute approximate surface area is 262 Å². The third-order valence-electron chi connectivity index (χ3n) is 7.32. The highest BCUT2D eigenvalue weighted by Gasteiger charge is 2.31. The number of aliphatic hydroxyl groups excluding tert-OH is 1. The lowest BCUT2D eigenvalue weighted by Gasteiger charge is -2.26. The van der Waals surface area contributed by atoms with Crippen LogP contribution in [0.1, 0.15) is 76.0 Å². The monoisotopic (exact) mass is 621 g/mol. The molecule has 0 bridgehead atoms. The number of hydrogen-bond acceptors (Lipinski definition) is 8. The highest BCUT2D eigenvalue weighted by Crippen LogP contribution is 2.29. The fourth-order valence-electron chi connectivity index (χ4n) is 4.89. The van der Waals surface area contributed by atoms with Gasteiger partial charge in [0, 0.05) is 38.6 Å². The lowest BCUT2D eigenvalue weighted by Crippen LogP contribution is -2.46. The second-order valence-electron chi connectivity index (χ2n) is 11.0. The van der Waals surface area contributed by atoms with Gasteiger partial charge in [0.15, 0.2) is 5.78 Å². The van der Waals surface area contributed by atoms with Gasteiger partial charge in [0.05, 0.1) is 28.1 Å². The molecule has 0 aliphatic heterocycles. The van der Waals surface area contributed by atoms with E-state index in [-0.39, 0.29) is 43.2 Å². The van der Waals surface area contributed by atoms with Gasteiger partial charge in [-0.15, -0.1) is 11.3 Å². The Morgan fingerprint density at radius 3 is 2.36 bits per heavy atom. The van der Waals surface area contributed by atoms with Crippen molar-refractivity contribution in [3.05, 3.63) is 65.2 Å². The minimum absolute atomic E-state index is 0.0940.